The van der Waals surface area contributed by atoms with Crippen molar-refractivity contribution in [3.63, 3.8) is 0 Å². The molecule has 0 heterocycles. The third kappa shape index (κ3) is 16.7. The summed E-state index contributed by atoms with van der Waals surface area (Å²) in [5.41, 5.74) is 16.1. The first kappa shape index (κ1) is 17.4. The van der Waals surface area contributed by atoms with Crippen molar-refractivity contribution in [3.8, 4) is 0 Å². The quantitative estimate of drug-likeness (QED) is 0.170. The number of unbranched alkanes of at least 4 members (excludes halogenated alkanes) is 3. The van der Waals surface area contributed by atoms with Crippen molar-refractivity contribution in [1.29, 1.82) is 0 Å². The van der Waals surface area contributed by atoms with Crippen LogP contribution in [0.2, 0.25) is 12.1 Å². The zero-order valence-electron chi connectivity index (χ0n) is 10.3. The van der Waals surface area contributed by atoms with Crippen LogP contribution in [0.15, 0.2) is 9.56 Å². The smallest absolute Gasteiger partial charge is 1.00 e. The van der Waals surface area contributed by atoms with Crippen LogP contribution in [0.3, 0.4) is 0 Å². The van der Waals surface area contributed by atoms with E-state index in [9.17, 15) is 0 Å². The molecule has 0 unspecified atom stereocenters. The van der Waals surface area contributed by atoms with Gasteiger partial charge >= 0.3 is 29.6 Å². The zero-order chi connectivity index (χ0) is 10.5. The molecular formula is C6H17N6NaSi2. The van der Waals surface area contributed by atoms with E-state index in [1.54, 1.807) is 0 Å². The molecule has 0 aliphatic heterocycles. The van der Waals surface area contributed by atoms with Crippen LogP contribution in [0.25, 0.3) is 20.9 Å². The number of nitrogens with zero attached hydrogens (tertiary/aromatic N) is 6. The van der Waals surface area contributed by atoms with Crippen LogP contribution < -0.4 is 29.6 Å². The minimum atomic E-state index is -0.486. The summed E-state index contributed by atoms with van der Waals surface area (Å²) in [6.07, 6.45) is 4.82. The number of hydrogen-bond donors (Lipinski definition) is 0. The molecule has 0 amide bonds. The molecular weight excluding hydrogens is 235 g/mol. The Morgan fingerprint density at radius 3 is 1.60 bits per heavy atom. The first-order chi connectivity index (χ1) is 6.91. The topological polar surface area (TPSA) is 97.5 Å². The van der Waals surface area contributed by atoms with Gasteiger partial charge < -0.3 is 1.43 Å². The molecule has 9 heteroatoms. The summed E-state index contributed by atoms with van der Waals surface area (Å²) < 4.78 is 7.20. The monoisotopic (exact) mass is 252 g/mol. The van der Waals surface area contributed by atoms with Crippen molar-refractivity contribution in [3.05, 3.63) is 20.9 Å². The molecule has 0 aromatic heterocycles. The van der Waals surface area contributed by atoms with Crippen molar-refractivity contribution < 1.29 is 31.0 Å². The Kier molecular flexibility index (Phi) is 19.2. The zero-order valence-corrected chi connectivity index (χ0v) is 14.2. The first-order valence-corrected chi connectivity index (χ1v) is 8.20. The van der Waals surface area contributed by atoms with Gasteiger partial charge in [0.05, 0.1) is 0 Å². The maximum atomic E-state index is 8.05. The van der Waals surface area contributed by atoms with Crippen molar-refractivity contribution in [2.45, 2.75) is 37.8 Å². The van der Waals surface area contributed by atoms with Crippen LogP contribution in [0.1, 0.15) is 27.1 Å². The normalized spacial score (nSPS) is 9.87. The van der Waals surface area contributed by atoms with Crippen LogP contribution >= 0.6 is 0 Å². The van der Waals surface area contributed by atoms with Gasteiger partial charge in [-0.05, 0) is 20.9 Å². The van der Waals surface area contributed by atoms with Gasteiger partial charge in [-0.25, -0.2) is 0 Å². The third-order valence-corrected chi connectivity index (χ3v) is 4.18. The predicted octanol–water partition coefficient (Wildman–Crippen LogP) is -0.712. The van der Waals surface area contributed by atoms with Gasteiger partial charge in [0.15, 0.2) is 0 Å². The van der Waals surface area contributed by atoms with Gasteiger partial charge in [0.2, 0.25) is 0 Å². The molecule has 0 spiro atoms. The summed E-state index contributed by atoms with van der Waals surface area (Å²) in [7, 11) is -0.972. The standard InChI is InChI=1S/C6H16N6Si2.Na.H/c7-9-11-13-5-3-1-2-4-6-14-12-10-8;;/h1-6,13-14H2;;/q;+1;-1. The van der Waals surface area contributed by atoms with Gasteiger partial charge in [0.25, 0.3) is 0 Å². The minimum absolute atomic E-state index is 0. The van der Waals surface area contributed by atoms with Gasteiger partial charge in [0, 0.05) is 0 Å². The van der Waals surface area contributed by atoms with Gasteiger partial charge in [-0.1, -0.05) is 37.8 Å². The third-order valence-electron chi connectivity index (χ3n) is 1.89. The molecule has 0 aliphatic rings. The van der Waals surface area contributed by atoms with Crippen LogP contribution in [0, 0.1) is 0 Å². The first-order valence-electron chi connectivity index (χ1n) is 4.93. The molecule has 0 aliphatic carbocycles. The van der Waals surface area contributed by atoms with Crippen molar-refractivity contribution in [2.24, 2.45) is 9.56 Å². The van der Waals surface area contributed by atoms with Crippen LogP contribution in [0.5, 0.6) is 0 Å². The summed E-state index contributed by atoms with van der Waals surface area (Å²) in [4.78, 5) is 5.50. The molecule has 0 N–H and O–H groups in total. The van der Waals surface area contributed by atoms with Crippen LogP contribution in [-0.4, -0.2) is 19.4 Å². The van der Waals surface area contributed by atoms with Gasteiger partial charge in [0.1, 0.15) is 19.4 Å². The van der Waals surface area contributed by atoms with E-state index < -0.39 is 19.4 Å². The fourth-order valence-electron chi connectivity index (χ4n) is 1.16. The molecule has 0 saturated heterocycles. The molecule has 0 aromatic carbocycles. The molecule has 15 heavy (non-hydrogen) atoms. The number of rotatable bonds is 9. The largest absolute Gasteiger partial charge is 1.00 e. The second-order valence-corrected chi connectivity index (χ2v) is 5.90. The van der Waals surface area contributed by atoms with E-state index in [1.807, 2.05) is 0 Å². The maximum absolute atomic E-state index is 8.05. The molecule has 0 fully saturated rings. The van der Waals surface area contributed by atoms with E-state index in [4.69, 9.17) is 11.1 Å². The average Bonchev–Trinajstić information content (AvgIpc) is 2.21. The molecule has 0 atom stereocenters. The Bertz CT molecular complexity index is 207. The summed E-state index contributed by atoms with van der Waals surface area (Å²) in [5, 5.41) is 0. The Labute approximate surface area is 118 Å². The van der Waals surface area contributed by atoms with Gasteiger partial charge in [-0.2, -0.15) is 0 Å². The Balaban J connectivity index is -0.000000845. The fourth-order valence-corrected chi connectivity index (χ4v) is 2.78. The molecule has 0 aromatic rings. The van der Waals surface area contributed by atoms with E-state index >= 15 is 0 Å². The second-order valence-electron chi connectivity index (χ2n) is 3.03. The molecule has 0 saturated carbocycles. The van der Waals surface area contributed by atoms with E-state index in [0.29, 0.717) is 0 Å². The van der Waals surface area contributed by atoms with Crippen molar-refractivity contribution >= 4 is 19.4 Å². The Morgan fingerprint density at radius 1 is 0.867 bits per heavy atom. The number of azide groups is 2. The summed E-state index contributed by atoms with van der Waals surface area (Å²) in [6, 6.07) is 2.25. The molecule has 0 bridgehead atoms. The summed E-state index contributed by atoms with van der Waals surface area (Å²) in [6.45, 7) is 0. The summed E-state index contributed by atoms with van der Waals surface area (Å²) >= 11 is 0. The van der Waals surface area contributed by atoms with E-state index in [1.165, 1.54) is 25.7 Å². The van der Waals surface area contributed by atoms with Crippen molar-refractivity contribution in [1.82, 2.24) is 0 Å². The minimum Gasteiger partial charge on any atom is -1.00 e. The van der Waals surface area contributed by atoms with E-state index in [-0.39, 0.29) is 31.0 Å². The van der Waals surface area contributed by atoms with Gasteiger partial charge in [-0.3, -0.25) is 0 Å². The van der Waals surface area contributed by atoms with E-state index in [0.717, 1.165) is 12.1 Å². The Morgan fingerprint density at radius 2 is 1.27 bits per heavy atom. The summed E-state index contributed by atoms with van der Waals surface area (Å²) in [5.74, 6) is 0. The SMILES string of the molecule is [H-].[N-]=[N+]=N[SiH2]CCCCCC[SiH2]N=[N+]=[N-].[Na+]. The number of hydrogen-bond acceptors (Lipinski definition) is 2. The van der Waals surface area contributed by atoms with Crippen molar-refractivity contribution in [2.75, 3.05) is 0 Å². The van der Waals surface area contributed by atoms with Crippen LogP contribution in [0.4, 0.5) is 0 Å². The fraction of sp³-hybridized carbons (Fsp3) is 1.00. The van der Waals surface area contributed by atoms with E-state index in [2.05, 4.69) is 19.4 Å². The van der Waals surface area contributed by atoms with Gasteiger partial charge in [-0.15, -0.1) is 9.56 Å². The average molecular weight is 252 g/mol. The molecule has 0 rings (SSSR count). The molecule has 80 valence electrons. The second kappa shape index (κ2) is 16.5. The predicted molar refractivity (Wildman–Crippen MR) is 64.6 cm³/mol. The molecule has 6 nitrogen and oxygen atoms in total. The maximum Gasteiger partial charge on any atom is 1.00 e. The van der Waals surface area contributed by atoms with Crippen LogP contribution in [-0.2, 0) is 0 Å². The molecule has 0 radical (unpaired) electrons. The Hall–Kier alpha value is 0.0538.